The molecule has 0 aliphatic rings. The third-order valence-corrected chi connectivity index (χ3v) is 3.28. The van der Waals surface area contributed by atoms with Crippen molar-refractivity contribution in [2.75, 3.05) is 26.6 Å². The lowest BCUT2D eigenvalue weighted by Gasteiger charge is -2.14. The number of carbonyl (C=O) groups is 1. The molecule has 1 aromatic carbocycles. The van der Waals surface area contributed by atoms with Crippen LogP contribution in [0, 0.1) is 0 Å². The van der Waals surface area contributed by atoms with Gasteiger partial charge in [0, 0.05) is 17.8 Å². The van der Waals surface area contributed by atoms with Crippen LogP contribution in [0.2, 0.25) is 0 Å². The van der Waals surface area contributed by atoms with Crippen molar-refractivity contribution in [2.24, 2.45) is 0 Å². The van der Waals surface area contributed by atoms with Gasteiger partial charge in [0.1, 0.15) is 5.69 Å². The Hall–Kier alpha value is -3.30. The highest BCUT2D eigenvalue weighted by Gasteiger charge is 2.15. The molecule has 0 spiro atoms. The average molecular weight is 349 g/mol. The first kappa shape index (κ1) is 18.0. The SMILES string of the molecule is COc1cc(Nc2ncc(C(C)NC(=O)O)nn2)cc(OC)c1OC. The number of anilines is 2. The number of nitrogens with one attached hydrogen (secondary N) is 2. The molecule has 0 aliphatic carbocycles. The Morgan fingerprint density at radius 2 is 1.76 bits per heavy atom. The Labute approximate surface area is 144 Å². The molecule has 0 bridgehead atoms. The lowest BCUT2D eigenvalue weighted by atomic mass is 10.2. The van der Waals surface area contributed by atoms with Gasteiger partial charge in [0.05, 0.1) is 33.6 Å². The largest absolute Gasteiger partial charge is 0.493 e. The van der Waals surface area contributed by atoms with Gasteiger partial charge in [-0.2, -0.15) is 0 Å². The van der Waals surface area contributed by atoms with Crippen LogP contribution in [0.25, 0.3) is 0 Å². The van der Waals surface area contributed by atoms with E-state index >= 15 is 0 Å². The molecule has 2 aromatic rings. The van der Waals surface area contributed by atoms with Crippen LogP contribution in [0.4, 0.5) is 16.4 Å². The number of nitrogens with zero attached hydrogens (tertiary/aromatic N) is 3. The number of carboxylic acid groups (broad SMARTS) is 1. The normalized spacial score (nSPS) is 11.4. The van der Waals surface area contributed by atoms with E-state index in [2.05, 4.69) is 25.8 Å². The molecule has 10 heteroatoms. The van der Waals surface area contributed by atoms with Gasteiger partial charge in [-0.25, -0.2) is 9.78 Å². The molecular weight excluding hydrogens is 330 g/mol. The maximum absolute atomic E-state index is 10.6. The Bertz CT molecular complexity index is 713. The zero-order chi connectivity index (χ0) is 18.4. The van der Waals surface area contributed by atoms with Gasteiger partial charge < -0.3 is 30.0 Å². The smallest absolute Gasteiger partial charge is 0.405 e. The summed E-state index contributed by atoms with van der Waals surface area (Å²) >= 11 is 0. The molecule has 1 atom stereocenters. The fourth-order valence-electron chi connectivity index (χ4n) is 2.08. The van der Waals surface area contributed by atoms with E-state index in [1.165, 1.54) is 27.5 Å². The standard InChI is InChI=1S/C15H19N5O5/c1-8(17-15(21)22)10-7-16-14(20-19-10)18-9-5-11(23-2)13(25-4)12(6-9)24-3/h5-8,17H,1-4H3,(H,21,22)(H,16,18,20). The summed E-state index contributed by atoms with van der Waals surface area (Å²) in [4.78, 5) is 14.8. The van der Waals surface area contributed by atoms with Gasteiger partial charge >= 0.3 is 6.09 Å². The molecule has 0 aliphatic heterocycles. The highest BCUT2D eigenvalue weighted by Crippen LogP contribution is 2.40. The van der Waals surface area contributed by atoms with Crippen molar-refractivity contribution < 1.29 is 24.1 Å². The minimum Gasteiger partial charge on any atom is -0.493 e. The van der Waals surface area contributed by atoms with Crippen LogP contribution < -0.4 is 24.8 Å². The summed E-state index contributed by atoms with van der Waals surface area (Å²) in [6, 6.07) is 2.88. The minimum absolute atomic E-state index is 0.237. The van der Waals surface area contributed by atoms with E-state index in [9.17, 15) is 4.79 Å². The summed E-state index contributed by atoms with van der Waals surface area (Å²) in [5.74, 6) is 1.67. The molecule has 10 nitrogen and oxygen atoms in total. The summed E-state index contributed by atoms with van der Waals surface area (Å²) < 4.78 is 15.8. The average Bonchev–Trinajstić information content (AvgIpc) is 2.60. The number of hydrogen-bond donors (Lipinski definition) is 3. The van der Waals surface area contributed by atoms with Crippen LogP contribution in [0.15, 0.2) is 18.3 Å². The minimum atomic E-state index is -1.14. The molecule has 0 saturated heterocycles. The van der Waals surface area contributed by atoms with E-state index in [0.717, 1.165) is 0 Å². The maximum Gasteiger partial charge on any atom is 0.405 e. The van der Waals surface area contributed by atoms with Crippen molar-refractivity contribution in [3.05, 3.63) is 24.0 Å². The van der Waals surface area contributed by atoms with E-state index in [-0.39, 0.29) is 5.95 Å². The number of benzene rings is 1. The number of methoxy groups -OCH3 is 3. The zero-order valence-corrected chi connectivity index (χ0v) is 14.2. The van der Waals surface area contributed by atoms with E-state index in [1.54, 1.807) is 19.1 Å². The van der Waals surface area contributed by atoms with E-state index in [1.807, 2.05) is 0 Å². The number of hydrogen-bond acceptors (Lipinski definition) is 8. The van der Waals surface area contributed by atoms with E-state index in [4.69, 9.17) is 19.3 Å². The van der Waals surface area contributed by atoms with Gasteiger partial charge in [-0.05, 0) is 6.92 Å². The Morgan fingerprint density at radius 1 is 1.12 bits per heavy atom. The third kappa shape index (κ3) is 4.37. The van der Waals surface area contributed by atoms with Crippen molar-refractivity contribution in [3.63, 3.8) is 0 Å². The van der Waals surface area contributed by atoms with Gasteiger partial charge in [0.15, 0.2) is 11.5 Å². The fraction of sp³-hybridized carbons (Fsp3) is 0.333. The molecule has 134 valence electrons. The van der Waals surface area contributed by atoms with Crippen LogP contribution in [-0.2, 0) is 0 Å². The first-order valence-electron chi connectivity index (χ1n) is 7.24. The van der Waals surface area contributed by atoms with Crippen molar-refractivity contribution in [1.29, 1.82) is 0 Å². The maximum atomic E-state index is 10.6. The number of rotatable bonds is 7. The molecule has 3 N–H and O–H groups in total. The van der Waals surface area contributed by atoms with Gasteiger partial charge in [0.2, 0.25) is 11.7 Å². The van der Waals surface area contributed by atoms with Crippen LogP contribution in [0.1, 0.15) is 18.7 Å². The molecule has 0 saturated carbocycles. The molecular formula is C15H19N5O5. The second-order valence-corrected chi connectivity index (χ2v) is 4.92. The predicted octanol–water partition coefficient (Wildman–Crippen LogP) is 1.97. The van der Waals surface area contributed by atoms with Gasteiger partial charge in [-0.3, -0.25) is 0 Å². The first-order chi connectivity index (χ1) is 12.0. The third-order valence-electron chi connectivity index (χ3n) is 3.28. The molecule has 0 fully saturated rings. The highest BCUT2D eigenvalue weighted by atomic mass is 16.5. The van der Waals surface area contributed by atoms with E-state index < -0.39 is 12.1 Å². The van der Waals surface area contributed by atoms with Gasteiger partial charge in [-0.1, -0.05) is 0 Å². The Balaban J connectivity index is 2.20. The van der Waals surface area contributed by atoms with Crippen molar-refractivity contribution in [3.8, 4) is 17.2 Å². The molecule has 1 heterocycles. The van der Waals surface area contributed by atoms with Crippen molar-refractivity contribution in [2.45, 2.75) is 13.0 Å². The lowest BCUT2D eigenvalue weighted by Crippen LogP contribution is -2.25. The quantitative estimate of drug-likeness (QED) is 0.687. The summed E-state index contributed by atoms with van der Waals surface area (Å²) in [7, 11) is 4.56. The van der Waals surface area contributed by atoms with Crippen LogP contribution >= 0.6 is 0 Å². The number of amides is 1. The first-order valence-corrected chi connectivity index (χ1v) is 7.24. The van der Waals surface area contributed by atoms with Gasteiger partial charge in [0.25, 0.3) is 0 Å². The fourth-order valence-corrected chi connectivity index (χ4v) is 2.08. The monoisotopic (exact) mass is 349 g/mol. The van der Waals surface area contributed by atoms with Crippen LogP contribution in [-0.4, -0.2) is 47.7 Å². The number of aromatic nitrogens is 3. The molecule has 1 aromatic heterocycles. The molecule has 0 radical (unpaired) electrons. The molecule has 1 unspecified atom stereocenters. The topological polar surface area (TPSA) is 128 Å². The van der Waals surface area contributed by atoms with Crippen LogP contribution in [0.5, 0.6) is 17.2 Å². The molecule has 2 rings (SSSR count). The Kier molecular flexibility index (Phi) is 5.77. The van der Waals surface area contributed by atoms with Crippen molar-refractivity contribution >= 4 is 17.7 Å². The summed E-state index contributed by atoms with van der Waals surface area (Å²) in [6.07, 6.45) is 0.294. The van der Waals surface area contributed by atoms with Crippen LogP contribution in [0.3, 0.4) is 0 Å². The van der Waals surface area contributed by atoms with Gasteiger partial charge in [-0.15, -0.1) is 10.2 Å². The van der Waals surface area contributed by atoms with E-state index in [0.29, 0.717) is 28.6 Å². The molecule has 1 amide bonds. The molecule has 25 heavy (non-hydrogen) atoms. The predicted molar refractivity (Wildman–Crippen MR) is 88.8 cm³/mol. The number of ether oxygens (including phenoxy) is 3. The summed E-state index contributed by atoms with van der Waals surface area (Å²) in [5, 5.41) is 21.9. The second kappa shape index (κ2) is 7.99. The van der Waals surface area contributed by atoms with Crippen molar-refractivity contribution in [1.82, 2.24) is 20.5 Å². The Morgan fingerprint density at radius 3 is 2.20 bits per heavy atom. The summed E-state index contributed by atoms with van der Waals surface area (Å²) in [5.41, 5.74) is 1.01. The second-order valence-electron chi connectivity index (χ2n) is 4.92. The highest BCUT2D eigenvalue weighted by molar-refractivity contribution is 5.66. The summed E-state index contributed by atoms with van der Waals surface area (Å²) in [6.45, 7) is 1.64. The lowest BCUT2D eigenvalue weighted by molar-refractivity contribution is 0.190. The zero-order valence-electron chi connectivity index (χ0n) is 14.2.